The zero-order chi connectivity index (χ0) is 48.5. The van der Waals surface area contributed by atoms with Crippen LogP contribution in [-0.2, 0) is 34.5 Å². The molecule has 19 heteroatoms. The molecule has 4 aliphatic rings. The molecule has 0 spiro atoms. The standard InChI is InChI=1S/C50H59ClN9O8P/c1-66-43-31-36(19-20-40(43)54-50-52-32-39(51)47(56-50)53-41-16-10-11-17-44(41)69(65,67-2)68-3)57-25-23-35(24-26-57)58-27-29-59(30-28-58)46(62)18-9-7-5-4-6-8-13-34-14-12-15-37-38(34)33-60(49(37)64)42-21-22-45(61)55-48(42)63/h10-12,14-17,19-20,31-32,35,42H,4-7,9,18,21-30,33H2,1-3H3,(H,55,61,63)(H2,52,53,54,56). The number of hydrogen-bond acceptors (Lipinski definition) is 14. The van der Waals surface area contributed by atoms with Gasteiger partial charge in [0.2, 0.25) is 23.7 Å². The second-order valence-electron chi connectivity index (χ2n) is 17.5. The van der Waals surface area contributed by atoms with Crippen molar-refractivity contribution in [1.82, 2.24) is 30.0 Å². The summed E-state index contributed by atoms with van der Waals surface area (Å²) in [7, 11) is 0.720. The van der Waals surface area contributed by atoms with E-state index in [4.69, 9.17) is 25.4 Å². The molecule has 69 heavy (non-hydrogen) atoms. The van der Waals surface area contributed by atoms with Crippen molar-refractivity contribution < 1.29 is 37.5 Å². The van der Waals surface area contributed by atoms with Crippen LogP contribution in [0, 0.1) is 11.8 Å². The Morgan fingerprint density at radius 1 is 0.884 bits per heavy atom. The molecule has 4 amide bonds. The molecule has 1 atom stereocenters. The fraction of sp³-hybridized carbons (Fsp3) is 0.440. The number of piperidine rings is 2. The molecule has 0 aliphatic carbocycles. The Morgan fingerprint density at radius 3 is 2.41 bits per heavy atom. The number of rotatable bonds is 17. The second kappa shape index (κ2) is 22.6. The van der Waals surface area contributed by atoms with Gasteiger partial charge in [-0.1, -0.05) is 54.5 Å². The Bertz CT molecular complexity index is 2650. The van der Waals surface area contributed by atoms with Gasteiger partial charge < -0.3 is 39.1 Å². The van der Waals surface area contributed by atoms with Crippen molar-refractivity contribution in [2.75, 3.05) is 76.1 Å². The number of hydrogen-bond donors (Lipinski definition) is 3. The van der Waals surface area contributed by atoms with Gasteiger partial charge in [0.05, 0.1) is 30.0 Å². The summed E-state index contributed by atoms with van der Waals surface area (Å²) in [5.41, 5.74) is 4.41. The van der Waals surface area contributed by atoms with Crippen molar-refractivity contribution in [3.8, 4) is 17.6 Å². The number of unbranched alkanes of at least 4 members (excludes halogenated alkanes) is 4. The van der Waals surface area contributed by atoms with Crippen molar-refractivity contribution in [2.24, 2.45) is 0 Å². The predicted molar refractivity (Wildman–Crippen MR) is 265 cm³/mol. The maximum atomic E-state index is 13.2. The van der Waals surface area contributed by atoms with Crippen LogP contribution in [0.4, 0.5) is 28.8 Å². The van der Waals surface area contributed by atoms with Crippen LogP contribution in [0.15, 0.2) is 66.9 Å². The molecule has 1 aromatic heterocycles. The van der Waals surface area contributed by atoms with E-state index in [2.05, 4.69) is 53.6 Å². The molecule has 364 valence electrons. The molecule has 0 saturated carbocycles. The molecule has 4 aromatic rings. The Kier molecular flexibility index (Phi) is 16.2. The summed E-state index contributed by atoms with van der Waals surface area (Å²) >= 11 is 6.49. The molecular weight excluding hydrogens is 921 g/mol. The normalized spacial score (nSPS) is 17.8. The number of ether oxygens (including phenoxy) is 1. The lowest BCUT2D eigenvalue weighted by Crippen LogP contribution is -2.54. The van der Waals surface area contributed by atoms with Crippen LogP contribution < -0.4 is 30.9 Å². The third kappa shape index (κ3) is 11.5. The third-order valence-electron chi connectivity index (χ3n) is 13.4. The molecule has 4 aliphatic heterocycles. The smallest absolute Gasteiger partial charge is 0.362 e. The van der Waals surface area contributed by atoms with Gasteiger partial charge in [0.25, 0.3) is 5.91 Å². The summed E-state index contributed by atoms with van der Waals surface area (Å²) < 4.78 is 29.5. The fourth-order valence-electron chi connectivity index (χ4n) is 9.52. The van der Waals surface area contributed by atoms with Gasteiger partial charge in [0.15, 0.2) is 5.82 Å². The molecule has 17 nitrogen and oxygen atoms in total. The fourth-order valence-corrected chi connectivity index (χ4v) is 10.9. The number of aromatic nitrogens is 2. The monoisotopic (exact) mass is 979 g/mol. The van der Waals surface area contributed by atoms with Crippen LogP contribution in [0.1, 0.15) is 85.7 Å². The van der Waals surface area contributed by atoms with Crippen molar-refractivity contribution in [2.45, 2.75) is 82.8 Å². The largest absolute Gasteiger partial charge is 0.494 e. The highest BCUT2D eigenvalue weighted by Gasteiger charge is 2.40. The maximum Gasteiger partial charge on any atom is 0.362 e. The average Bonchev–Trinajstić information content (AvgIpc) is 3.71. The summed E-state index contributed by atoms with van der Waals surface area (Å²) in [6.07, 6.45) is 9.11. The van der Waals surface area contributed by atoms with Gasteiger partial charge >= 0.3 is 7.60 Å². The quantitative estimate of drug-likeness (QED) is 0.0425. The van der Waals surface area contributed by atoms with Crippen LogP contribution in [0.3, 0.4) is 0 Å². The number of imide groups is 1. The van der Waals surface area contributed by atoms with Crippen LogP contribution >= 0.6 is 19.2 Å². The van der Waals surface area contributed by atoms with E-state index in [0.29, 0.717) is 59.2 Å². The number of fused-ring (bicyclic) bond motifs is 1. The van der Waals surface area contributed by atoms with Crippen molar-refractivity contribution in [3.05, 3.63) is 88.6 Å². The van der Waals surface area contributed by atoms with Crippen LogP contribution in [0.5, 0.6) is 5.75 Å². The zero-order valence-corrected chi connectivity index (χ0v) is 41.0. The van der Waals surface area contributed by atoms with E-state index in [0.717, 1.165) is 101 Å². The average molecular weight is 981 g/mol. The Hall–Kier alpha value is -6.02. The third-order valence-corrected chi connectivity index (χ3v) is 15.6. The highest BCUT2D eigenvalue weighted by molar-refractivity contribution is 7.62. The van der Waals surface area contributed by atoms with Gasteiger partial charge in [0.1, 0.15) is 16.8 Å². The number of carbonyl (C=O) groups excluding carboxylic acids is 4. The second-order valence-corrected chi connectivity index (χ2v) is 20.1. The first kappa shape index (κ1) is 49.4. The number of halogens is 1. The Morgan fingerprint density at radius 2 is 1.65 bits per heavy atom. The number of nitrogens with one attached hydrogen (secondary N) is 3. The first-order chi connectivity index (χ1) is 33.5. The molecule has 3 fully saturated rings. The van der Waals surface area contributed by atoms with E-state index in [1.807, 2.05) is 29.2 Å². The van der Waals surface area contributed by atoms with Gasteiger partial charge in [-0.05, 0) is 74.1 Å². The molecule has 3 saturated heterocycles. The summed E-state index contributed by atoms with van der Waals surface area (Å²) in [6, 6.07) is 18.3. The first-order valence-corrected chi connectivity index (χ1v) is 25.5. The lowest BCUT2D eigenvalue weighted by atomic mass is 10.0. The molecule has 0 bridgehead atoms. The highest BCUT2D eigenvalue weighted by Crippen LogP contribution is 2.47. The minimum Gasteiger partial charge on any atom is -0.494 e. The van der Waals surface area contributed by atoms with E-state index >= 15 is 0 Å². The highest BCUT2D eigenvalue weighted by atomic mass is 35.5. The van der Waals surface area contributed by atoms with E-state index < -0.39 is 19.5 Å². The number of anilines is 5. The lowest BCUT2D eigenvalue weighted by Gasteiger charge is -2.43. The van der Waals surface area contributed by atoms with Gasteiger partial charge in [-0.2, -0.15) is 4.98 Å². The van der Waals surface area contributed by atoms with E-state index in [-0.39, 0.29) is 35.1 Å². The van der Waals surface area contributed by atoms with Crippen LogP contribution in [0.25, 0.3) is 0 Å². The minimum absolute atomic E-state index is 0.196. The van der Waals surface area contributed by atoms with E-state index in [9.17, 15) is 23.7 Å². The van der Waals surface area contributed by atoms with E-state index in [1.165, 1.54) is 20.4 Å². The Balaban J connectivity index is 0.737. The van der Waals surface area contributed by atoms with Crippen molar-refractivity contribution in [1.29, 1.82) is 0 Å². The summed E-state index contributed by atoms with van der Waals surface area (Å²) in [5.74, 6) is 7.04. The number of amides is 4. The van der Waals surface area contributed by atoms with Crippen molar-refractivity contribution in [3.63, 3.8) is 0 Å². The number of nitrogens with zero attached hydrogens (tertiary/aromatic N) is 6. The predicted octanol–water partition coefficient (Wildman–Crippen LogP) is 7.00. The SMILES string of the molecule is COc1cc(N2CCC(N3CCN(C(=O)CCCCCCC#Cc4cccc5c4CN(C4CCC(=O)NC4=O)C5=O)CC3)CC2)ccc1Nc1ncc(Cl)c(Nc2ccccc2P(=O)(OC)OC)n1. The number of para-hydroxylation sites is 1. The molecule has 1 unspecified atom stereocenters. The summed E-state index contributed by atoms with van der Waals surface area (Å²) in [4.78, 5) is 67.8. The summed E-state index contributed by atoms with van der Waals surface area (Å²) in [5, 5.41) is 9.36. The number of methoxy groups -OCH3 is 1. The summed E-state index contributed by atoms with van der Waals surface area (Å²) in [6.45, 7) is 5.40. The molecule has 5 heterocycles. The van der Waals surface area contributed by atoms with Gasteiger partial charge in [-0.25, -0.2) is 4.98 Å². The number of benzene rings is 3. The molecular formula is C50H59ClN9O8P. The van der Waals surface area contributed by atoms with Crippen molar-refractivity contribution >= 4 is 77.0 Å². The lowest BCUT2D eigenvalue weighted by molar-refractivity contribution is -0.137. The van der Waals surface area contributed by atoms with Gasteiger partial charge in [0, 0.05) is 108 Å². The zero-order valence-electron chi connectivity index (χ0n) is 39.3. The minimum atomic E-state index is -3.57. The van der Waals surface area contributed by atoms with Gasteiger partial charge in [-0.3, -0.25) is 34.0 Å². The number of piperazine rings is 1. The Labute approximate surface area is 408 Å². The number of carbonyl (C=O) groups is 4. The first-order valence-electron chi connectivity index (χ1n) is 23.6. The molecule has 0 radical (unpaired) electrons. The molecule has 8 rings (SSSR count). The maximum absolute atomic E-state index is 13.2. The van der Waals surface area contributed by atoms with Crippen LogP contribution in [0.2, 0.25) is 5.02 Å². The van der Waals surface area contributed by atoms with Gasteiger partial charge in [-0.15, -0.1) is 0 Å². The molecule has 3 aromatic carbocycles. The topological polar surface area (TPSA) is 188 Å². The van der Waals surface area contributed by atoms with E-state index in [1.54, 1.807) is 42.3 Å². The molecule has 3 N–H and O–H groups in total. The van der Waals surface area contributed by atoms with Crippen LogP contribution in [-0.4, -0.2) is 121 Å².